The Morgan fingerprint density at radius 3 is 2.52 bits per heavy atom. The Morgan fingerprint density at radius 1 is 1.02 bits per heavy atom. The molecule has 0 spiro atoms. The topological polar surface area (TPSA) is 115 Å². The number of aliphatic hydroxyl groups is 1. The van der Waals surface area contributed by atoms with Gasteiger partial charge >= 0.3 is 0 Å². The molecule has 1 aliphatic heterocycles. The predicted molar refractivity (Wildman–Crippen MR) is 149 cm³/mol. The molecule has 3 heterocycles. The number of methoxy groups -OCH3 is 1. The minimum Gasteiger partial charge on any atom is -0.503 e. The molecular formula is C30H23N3O6S. The van der Waals surface area contributed by atoms with E-state index < -0.39 is 23.5 Å². The summed E-state index contributed by atoms with van der Waals surface area (Å²) in [5.74, 6) is -1.16. The summed E-state index contributed by atoms with van der Waals surface area (Å²) in [6, 6.07) is 22.6. The minimum atomic E-state index is -1.02. The summed E-state index contributed by atoms with van der Waals surface area (Å²) in [5.41, 5.74) is 1.88. The molecular weight excluding hydrogens is 530 g/mol. The van der Waals surface area contributed by atoms with Gasteiger partial charge in [-0.15, -0.1) is 10.2 Å². The molecule has 1 amide bonds. The van der Waals surface area contributed by atoms with Crippen molar-refractivity contribution in [3.8, 4) is 11.5 Å². The number of para-hydroxylation sites is 1. The normalized spacial score (nSPS) is 15.2. The fraction of sp³-hybridized carbons (Fsp3) is 0.133. The van der Waals surface area contributed by atoms with E-state index >= 15 is 0 Å². The number of benzene rings is 3. The molecule has 40 heavy (non-hydrogen) atoms. The average molecular weight is 554 g/mol. The van der Waals surface area contributed by atoms with Crippen LogP contribution in [0.15, 0.2) is 94.6 Å². The lowest BCUT2D eigenvalue weighted by Gasteiger charge is -2.24. The fourth-order valence-electron chi connectivity index (χ4n) is 4.67. The van der Waals surface area contributed by atoms with E-state index in [2.05, 4.69) is 10.2 Å². The molecule has 200 valence electrons. The van der Waals surface area contributed by atoms with Crippen molar-refractivity contribution in [3.05, 3.63) is 112 Å². The van der Waals surface area contributed by atoms with E-state index in [-0.39, 0.29) is 16.5 Å². The van der Waals surface area contributed by atoms with Gasteiger partial charge < -0.3 is 19.0 Å². The van der Waals surface area contributed by atoms with Gasteiger partial charge in [-0.25, -0.2) is 0 Å². The highest BCUT2D eigenvalue weighted by molar-refractivity contribution is 7.15. The maximum atomic E-state index is 13.8. The molecule has 0 radical (unpaired) electrons. The number of nitrogens with zero attached hydrogens (tertiary/aromatic N) is 3. The Balaban J connectivity index is 1.42. The van der Waals surface area contributed by atoms with Gasteiger partial charge in [0.1, 0.15) is 17.2 Å². The van der Waals surface area contributed by atoms with Gasteiger partial charge in [-0.3, -0.25) is 14.5 Å². The number of furan rings is 1. The molecule has 1 N–H and O–H groups in total. The first-order valence-corrected chi connectivity index (χ1v) is 13.2. The standard InChI is InChI=1S/C30H23N3O6S/c1-17-31-32-30(40-17)33-26(20-12-13-22(23(15-20)37-2)38-16-18-8-4-3-5-9-18)25(28(35)29(33)36)27(34)24-14-19-10-6-7-11-21(19)39-24/h3-15,26,35H,16H2,1-2H3. The number of aryl methyl sites for hydroxylation is 1. The van der Waals surface area contributed by atoms with Crippen LogP contribution in [0.3, 0.4) is 0 Å². The molecule has 0 aliphatic carbocycles. The zero-order valence-corrected chi connectivity index (χ0v) is 22.3. The lowest BCUT2D eigenvalue weighted by molar-refractivity contribution is -0.117. The van der Waals surface area contributed by atoms with Crippen LogP contribution in [0.4, 0.5) is 5.13 Å². The number of ether oxygens (including phenoxy) is 2. The van der Waals surface area contributed by atoms with Gasteiger partial charge in [-0.2, -0.15) is 0 Å². The van der Waals surface area contributed by atoms with Crippen LogP contribution < -0.4 is 14.4 Å². The number of carbonyl (C=O) groups is 2. The van der Waals surface area contributed by atoms with Crippen LogP contribution in [0.5, 0.6) is 11.5 Å². The van der Waals surface area contributed by atoms with Crippen molar-refractivity contribution in [3.63, 3.8) is 0 Å². The molecule has 0 fully saturated rings. The molecule has 0 bridgehead atoms. The second-order valence-electron chi connectivity index (χ2n) is 9.11. The van der Waals surface area contributed by atoms with Crippen LogP contribution >= 0.6 is 11.3 Å². The number of rotatable bonds is 8. The quantitative estimate of drug-likeness (QED) is 0.234. The molecule has 9 nitrogen and oxygen atoms in total. The molecule has 6 rings (SSSR count). The zero-order valence-electron chi connectivity index (χ0n) is 21.5. The van der Waals surface area contributed by atoms with Crippen molar-refractivity contribution >= 4 is 39.1 Å². The number of amides is 1. The largest absolute Gasteiger partial charge is 0.503 e. The van der Waals surface area contributed by atoms with Crippen molar-refractivity contribution in [2.45, 2.75) is 19.6 Å². The maximum Gasteiger partial charge on any atom is 0.296 e. The predicted octanol–water partition coefficient (Wildman–Crippen LogP) is 5.96. The molecule has 3 aromatic carbocycles. The van der Waals surface area contributed by atoms with Gasteiger partial charge in [0.2, 0.25) is 10.9 Å². The van der Waals surface area contributed by atoms with Crippen molar-refractivity contribution in [1.29, 1.82) is 0 Å². The Morgan fingerprint density at radius 2 is 1.80 bits per heavy atom. The SMILES string of the molecule is COc1cc(C2C(C(=O)c3cc4ccccc4o3)=C(O)C(=O)N2c2nnc(C)s2)ccc1OCc1ccccc1. The third-order valence-electron chi connectivity index (χ3n) is 6.56. The Hall–Kier alpha value is -4.96. The van der Waals surface area contributed by atoms with Crippen molar-refractivity contribution < 1.29 is 28.6 Å². The summed E-state index contributed by atoms with van der Waals surface area (Å²) in [4.78, 5) is 28.5. The van der Waals surface area contributed by atoms with Crippen LogP contribution in [0.2, 0.25) is 0 Å². The van der Waals surface area contributed by atoms with Crippen LogP contribution in [-0.4, -0.2) is 34.1 Å². The third-order valence-corrected chi connectivity index (χ3v) is 7.40. The second kappa shape index (κ2) is 10.3. The van der Waals surface area contributed by atoms with Gasteiger partial charge in [-0.05, 0) is 42.3 Å². The molecule has 5 aromatic rings. The first kappa shape index (κ1) is 25.3. The lowest BCUT2D eigenvalue weighted by Crippen LogP contribution is -2.31. The lowest BCUT2D eigenvalue weighted by atomic mass is 9.95. The highest BCUT2D eigenvalue weighted by atomic mass is 32.1. The van der Waals surface area contributed by atoms with Gasteiger partial charge in [0, 0.05) is 5.39 Å². The number of aromatic nitrogens is 2. The summed E-state index contributed by atoms with van der Waals surface area (Å²) in [6.07, 6.45) is 0. The monoisotopic (exact) mass is 553 g/mol. The molecule has 0 saturated carbocycles. The first-order chi connectivity index (χ1) is 19.4. The first-order valence-electron chi connectivity index (χ1n) is 12.4. The Bertz CT molecular complexity index is 1740. The maximum absolute atomic E-state index is 13.8. The highest BCUT2D eigenvalue weighted by Crippen LogP contribution is 2.45. The molecule has 1 unspecified atom stereocenters. The molecule has 1 atom stereocenters. The minimum absolute atomic E-state index is 0.00521. The number of fused-ring (bicyclic) bond motifs is 1. The van der Waals surface area contributed by atoms with Crippen molar-refractivity contribution in [2.75, 3.05) is 12.0 Å². The van der Waals surface area contributed by atoms with Crippen LogP contribution in [0.1, 0.15) is 32.7 Å². The number of aliphatic hydroxyl groups excluding tert-OH is 1. The molecule has 0 saturated heterocycles. The Labute approximate surface area is 232 Å². The van der Waals surface area contributed by atoms with E-state index in [1.807, 2.05) is 42.5 Å². The van der Waals surface area contributed by atoms with Gasteiger partial charge in [0.15, 0.2) is 23.0 Å². The van der Waals surface area contributed by atoms with E-state index in [1.54, 1.807) is 43.3 Å². The van der Waals surface area contributed by atoms with E-state index in [9.17, 15) is 14.7 Å². The van der Waals surface area contributed by atoms with E-state index in [1.165, 1.54) is 23.3 Å². The Kier molecular flexibility index (Phi) is 6.53. The molecule has 10 heteroatoms. The number of anilines is 1. The van der Waals surface area contributed by atoms with Gasteiger partial charge in [-0.1, -0.05) is 65.9 Å². The highest BCUT2D eigenvalue weighted by Gasteiger charge is 2.47. The molecule has 2 aromatic heterocycles. The zero-order chi connectivity index (χ0) is 27.8. The van der Waals surface area contributed by atoms with Crippen molar-refractivity contribution in [1.82, 2.24) is 10.2 Å². The van der Waals surface area contributed by atoms with Gasteiger partial charge in [0.25, 0.3) is 5.91 Å². The number of Topliss-reactive ketones (excluding diaryl/α,β-unsaturated/α-hetero) is 1. The number of ketones is 1. The smallest absolute Gasteiger partial charge is 0.296 e. The fourth-order valence-corrected chi connectivity index (χ4v) is 5.38. The molecule has 1 aliphatic rings. The number of hydrogen-bond donors (Lipinski definition) is 1. The summed E-state index contributed by atoms with van der Waals surface area (Å²) < 4.78 is 17.4. The summed E-state index contributed by atoms with van der Waals surface area (Å²) >= 11 is 1.18. The van der Waals surface area contributed by atoms with Crippen molar-refractivity contribution in [2.24, 2.45) is 0 Å². The summed E-state index contributed by atoms with van der Waals surface area (Å²) in [5, 5.41) is 20.8. The second-order valence-corrected chi connectivity index (χ2v) is 10.3. The van der Waals surface area contributed by atoms with Crippen LogP contribution in [-0.2, 0) is 11.4 Å². The van der Waals surface area contributed by atoms with E-state index in [0.717, 1.165) is 10.9 Å². The van der Waals surface area contributed by atoms with E-state index in [0.29, 0.717) is 34.3 Å². The van der Waals surface area contributed by atoms with Gasteiger partial charge in [0.05, 0.1) is 18.7 Å². The summed E-state index contributed by atoms with van der Waals surface area (Å²) in [7, 11) is 1.51. The van der Waals surface area contributed by atoms with Crippen LogP contribution in [0.25, 0.3) is 11.0 Å². The van der Waals surface area contributed by atoms with E-state index in [4.69, 9.17) is 13.9 Å². The number of carbonyl (C=O) groups excluding carboxylic acids is 2. The average Bonchev–Trinajstić information content (AvgIpc) is 3.68. The number of hydrogen-bond acceptors (Lipinski definition) is 9. The van der Waals surface area contributed by atoms with Crippen LogP contribution in [0, 0.1) is 6.92 Å². The third kappa shape index (κ3) is 4.48. The summed E-state index contributed by atoms with van der Waals surface area (Å²) in [6.45, 7) is 2.08.